The third kappa shape index (κ3) is 4.34. The van der Waals surface area contributed by atoms with Gasteiger partial charge < -0.3 is 20.3 Å². The van der Waals surface area contributed by atoms with Crippen LogP contribution in [0.1, 0.15) is 18.9 Å². The van der Waals surface area contributed by atoms with Crippen molar-refractivity contribution in [2.24, 2.45) is 0 Å². The molecule has 4 nitrogen and oxygen atoms in total. The first-order chi connectivity index (χ1) is 8.11. The molecule has 0 aliphatic carbocycles. The van der Waals surface area contributed by atoms with E-state index in [1.54, 1.807) is 19.2 Å². The average molecular weight is 239 g/mol. The van der Waals surface area contributed by atoms with Crippen molar-refractivity contribution in [3.8, 4) is 5.75 Å². The molecule has 3 N–H and O–H groups in total. The summed E-state index contributed by atoms with van der Waals surface area (Å²) in [7, 11) is 1.64. The second-order valence-corrected chi connectivity index (χ2v) is 4.45. The minimum absolute atomic E-state index is 0.105. The van der Waals surface area contributed by atoms with E-state index >= 15 is 0 Å². The van der Waals surface area contributed by atoms with Crippen LogP contribution < -0.4 is 5.32 Å². The maximum absolute atomic E-state index is 9.65. The van der Waals surface area contributed by atoms with Crippen LogP contribution in [0.15, 0.2) is 24.3 Å². The Kier molecular flexibility index (Phi) is 5.41. The molecule has 0 heterocycles. The lowest BCUT2D eigenvalue weighted by Gasteiger charge is -2.29. The van der Waals surface area contributed by atoms with E-state index in [-0.39, 0.29) is 17.9 Å². The van der Waals surface area contributed by atoms with Gasteiger partial charge in [-0.25, -0.2) is 0 Å². The van der Waals surface area contributed by atoms with Crippen LogP contribution >= 0.6 is 0 Å². The molecule has 0 spiro atoms. The lowest BCUT2D eigenvalue weighted by Crippen LogP contribution is -2.46. The minimum Gasteiger partial charge on any atom is -0.508 e. The van der Waals surface area contributed by atoms with E-state index in [1.807, 2.05) is 19.1 Å². The van der Waals surface area contributed by atoms with Gasteiger partial charge in [-0.05, 0) is 19.4 Å². The monoisotopic (exact) mass is 239 g/mol. The van der Waals surface area contributed by atoms with E-state index in [0.717, 1.165) is 5.56 Å². The van der Waals surface area contributed by atoms with Crippen molar-refractivity contribution in [2.45, 2.75) is 25.4 Å². The number of hydrogen-bond acceptors (Lipinski definition) is 4. The maximum atomic E-state index is 9.65. The van der Waals surface area contributed by atoms with Crippen molar-refractivity contribution in [3.05, 3.63) is 29.8 Å². The molecule has 0 aromatic heterocycles. The summed E-state index contributed by atoms with van der Waals surface area (Å²) in [6.07, 6.45) is 0.606. The van der Waals surface area contributed by atoms with Crippen LogP contribution in [0.25, 0.3) is 0 Å². The second kappa shape index (κ2) is 6.59. The molecule has 0 aliphatic heterocycles. The number of benzene rings is 1. The number of phenolic OH excluding ortho intramolecular Hbond substituents is 1. The number of rotatable bonds is 7. The van der Waals surface area contributed by atoms with Crippen molar-refractivity contribution < 1.29 is 14.9 Å². The highest BCUT2D eigenvalue weighted by Crippen LogP contribution is 2.17. The molecule has 0 bridgehead atoms. The summed E-state index contributed by atoms with van der Waals surface area (Å²) in [6, 6.07) is 7.21. The smallest absolute Gasteiger partial charge is 0.120 e. The number of para-hydroxylation sites is 1. The number of phenols is 1. The van der Waals surface area contributed by atoms with E-state index in [4.69, 9.17) is 9.84 Å². The molecule has 1 rings (SSSR count). The minimum atomic E-state index is -0.286. The fraction of sp³-hybridized carbons (Fsp3) is 0.538. The van der Waals surface area contributed by atoms with Gasteiger partial charge in [-0.1, -0.05) is 18.2 Å². The molecule has 0 saturated heterocycles. The van der Waals surface area contributed by atoms with Crippen LogP contribution in [0, 0.1) is 0 Å². The lowest BCUT2D eigenvalue weighted by molar-refractivity contribution is 0.0968. The quantitative estimate of drug-likeness (QED) is 0.670. The molecule has 1 aromatic rings. The van der Waals surface area contributed by atoms with Crippen LogP contribution in [-0.2, 0) is 11.3 Å². The zero-order chi connectivity index (χ0) is 12.7. The second-order valence-electron chi connectivity index (χ2n) is 4.45. The number of hydrogen-bond donors (Lipinski definition) is 3. The number of methoxy groups -OCH3 is 1. The van der Waals surface area contributed by atoms with Crippen LogP contribution in [0.5, 0.6) is 5.75 Å². The van der Waals surface area contributed by atoms with Gasteiger partial charge >= 0.3 is 0 Å². The van der Waals surface area contributed by atoms with Gasteiger partial charge in [0.05, 0.1) is 6.61 Å². The Morgan fingerprint density at radius 1 is 1.35 bits per heavy atom. The largest absolute Gasteiger partial charge is 0.508 e. The van der Waals surface area contributed by atoms with E-state index in [9.17, 15) is 5.11 Å². The number of aliphatic hydroxyl groups is 1. The first-order valence-corrected chi connectivity index (χ1v) is 5.73. The molecular formula is C13H21NO3. The Bertz CT molecular complexity index is 335. The van der Waals surface area contributed by atoms with E-state index < -0.39 is 0 Å². The zero-order valence-electron chi connectivity index (χ0n) is 10.4. The van der Waals surface area contributed by atoms with E-state index in [1.165, 1.54) is 0 Å². The summed E-state index contributed by atoms with van der Waals surface area (Å²) in [4.78, 5) is 0. The number of ether oxygens (including phenoxy) is 1. The maximum Gasteiger partial charge on any atom is 0.120 e. The van der Waals surface area contributed by atoms with Gasteiger partial charge in [0.1, 0.15) is 5.75 Å². The van der Waals surface area contributed by atoms with Crippen molar-refractivity contribution in [2.75, 3.05) is 20.3 Å². The van der Waals surface area contributed by atoms with Gasteiger partial charge in [-0.15, -0.1) is 0 Å². The van der Waals surface area contributed by atoms with Crippen molar-refractivity contribution >= 4 is 0 Å². The summed E-state index contributed by atoms with van der Waals surface area (Å²) in [5.74, 6) is 0.281. The number of aliphatic hydroxyl groups excluding tert-OH is 1. The Morgan fingerprint density at radius 2 is 2.06 bits per heavy atom. The SMILES string of the molecule is COCC(C)(CCO)NCc1ccccc1O. The molecule has 1 aromatic carbocycles. The van der Waals surface area contributed by atoms with E-state index in [2.05, 4.69) is 5.32 Å². The Balaban J connectivity index is 2.60. The highest BCUT2D eigenvalue weighted by Gasteiger charge is 2.23. The molecule has 1 atom stereocenters. The van der Waals surface area contributed by atoms with Gasteiger partial charge in [0.2, 0.25) is 0 Å². The molecule has 0 saturated carbocycles. The van der Waals surface area contributed by atoms with Crippen LogP contribution in [0.3, 0.4) is 0 Å². The molecule has 1 unspecified atom stereocenters. The summed E-state index contributed by atoms with van der Waals surface area (Å²) >= 11 is 0. The van der Waals surface area contributed by atoms with Crippen molar-refractivity contribution in [1.82, 2.24) is 5.32 Å². The predicted octanol–water partition coefficient (Wildman–Crippen LogP) is 1.27. The highest BCUT2D eigenvalue weighted by molar-refractivity contribution is 5.31. The zero-order valence-corrected chi connectivity index (χ0v) is 10.4. The van der Waals surface area contributed by atoms with Gasteiger partial charge in [-0.3, -0.25) is 0 Å². The molecule has 0 fully saturated rings. The standard InChI is InChI=1S/C13H21NO3/c1-13(7-8-15,10-17-2)14-9-11-5-3-4-6-12(11)16/h3-6,14-16H,7-10H2,1-2H3. The Morgan fingerprint density at radius 3 is 2.65 bits per heavy atom. The van der Waals surface area contributed by atoms with Gasteiger partial charge in [0.25, 0.3) is 0 Å². The van der Waals surface area contributed by atoms with Crippen LogP contribution in [-0.4, -0.2) is 36.1 Å². The number of aromatic hydroxyl groups is 1. The van der Waals surface area contributed by atoms with Crippen LogP contribution in [0.2, 0.25) is 0 Å². The molecular weight excluding hydrogens is 218 g/mol. The van der Waals surface area contributed by atoms with Crippen LogP contribution in [0.4, 0.5) is 0 Å². The molecule has 0 aliphatic rings. The molecule has 96 valence electrons. The Labute approximate surface area is 102 Å². The fourth-order valence-corrected chi connectivity index (χ4v) is 1.75. The third-order valence-electron chi connectivity index (χ3n) is 2.82. The first kappa shape index (κ1) is 14.0. The van der Waals surface area contributed by atoms with Crippen molar-refractivity contribution in [1.29, 1.82) is 0 Å². The first-order valence-electron chi connectivity index (χ1n) is 5.73. The normalized spacial score (nSPS) is 14.5. The summed E-state index contributed by atoms with van der Waals surface area (Å²) in [5.41, 5.74) is 0.555. The van der Waals surface area contributed by atoms with E-state index in [0.29, 0.717) is 19.6 Å². The predicted molar refractivity (Wildman–Crippen MR) is 66.9 cm³/mol. The molecule has 4 heteroatoms. The molecule has 17 heavy (non-hydrogen) atoms. The molecule has 0 amide bonds. The lowest BCUT2D eigenvalue weighted by atomic mass is 9.99. The highest BCUT2D eigenvalue weighted by atomic mass is 16.5. The topological polar surface area (TPSA) is 61.7 Å². The molecule has 0 radical (unpaired) electrons. The van der Waals surface area contributed by atoms with Gasteiger partial charge in [-0.2, -0.15) is 0 Å². The van der Waals surface area contributed by atoms with Gasteiger partial charge in [0.15, 0.2) is 0 Å². The fourth-order valence-electron chi connectivity index (χ4n) is 1.75. The summed E-state index contributed by atoms with van der Waals surface area (Å²) in [5, 5.41) is 22.0. The summed E-state index contributed by atoms with van der Waals surface area (Å²) in [6.45, 7) is 3.16. The Hall–Kier alpha value is -1.10. The van der Waals surface area contributed by atoms with Crippen molar-refractivity contribution in [3.63, 3.8) is 0 Å². The summed E-state index contributed by atoms with van der Waals surface area (Å²) < 4.78 is 5.14. The third-order valence-corrected chi connectivity index (χ3v) is 2.82. The number of nitrogens with one attached hydrogen (secondary N) is 1. The average Bonchev–Trinajstić information content (AvgIpc) is 2.29. The van der Waals surface area contributed by atoms with Gasteiger partial charge in [0, 0.05) is 31.4 Å².